The van der Waals surface area contributed by atoms with Crippen LogP contribution >= 0.6 is 0 Å². The minimum absolute atomic E-state index is 0.613. The van der Waals surface area contributed by atoms with Crippen molar-refractivity contribution in [3.63, 3.8) is 0 Å². The van der Waals surface area contributed by atoms with Gasteiger partial charge in [-0.15, -0.1) is 5.06 Å². The maximum absolute atomic E-state index is 10.9. The zero-order chi connectivity index (χ0) is 11.2. The van der Waals surface area contributed by atoms with Gasteiger partial charge in [0.2, 0.25) is 6.41 Å². The Labute approximate surface area is 93.8 Å². The second kappa shape index (κ2) is 4.98. The summed E-state index contributed by atoms with van der Waals surface area (Å²) < 4.78 is 0. The highest BCUT2D eigenvalue weighted by molar-refractivity contribution is 5.72. The van der Waals surface area contributed by atoms with E-state index in [2.05, 4.69) is 6.07 Å². The Bertz CT molecular complexity index is 442. The van der Waals surface area contributed by atoms with E-state index in [0.29, 0.717) is 17.8 Å². The van der Waals surface area contributed by atoms with Crippen LogP contribution in [0.2, 0.25) is 0 Å². The van der Waals surface area contributed by atoms with E-state index >= 15 is 0 Å². The standard InChI is InChI=1S/C13H10NO2/c15-11-14(12-7-3-1-4-8-12)16-13-9-5-2-6-10-13/h2-11H. The van der Waals surface area contributed by atoms with Crippen LogP contribution in [-0.4, -0.2) is 6.41 Å². The molecule has 0 heterocycles. The number of benzene rings is 2. The zero-order valence-electron chi connectivity index (χ0n) is 8.54. The summed E-state index contributed by atoms with van der Waals surface area (Å²) in [6.07, 6.45) is 0.627. The number of anilines is 1. The molecule has 2 rings (SSSR count). The van der Waals surface area contributed by atoms with E-state index in [4.69, 9.17) is 4.84 Å². The maximum Gasteiger partial charge on any atom is 0.247 e. The Morgan fingerprint density at radius 1 is 1.06 bits per heavy atom. The molecule has 2 aromatic rings. The molecule has 1 amide bonds. The van der Waals surface area contributed by atoms with Gasteiger partial charge in [-0.2, -0.15) is 0 Å². The van der Waals surface area contributed by atoms with Crippen LogP contribution in [-0.2, 0) is 4.79 Å². The third kappa shape index (κ3) is 2.39. The molecule has 16 heavy (non-hydrogen) atoms. The van der Waals surface area contributed by atoms with Gasteiger partial charge < -0.3 is 4.84 Å². The van der Waals surface area contributed by atoms with E-state index < -0.39 is 0 Å². The minimum atomic E-state index is 0.613. The number of para-hydroxylation sites is 1. The third-order valence-corrected chi connectivity index (χ3v) is 2.00. The summed E-state index contributed by atoms with van der Waals surface area (Å²) >= 11 is 0. The molecule has 2 aromatic carbocycles. The molecule has 79 valence electrons. The first kappa shape index (κ1) is 10.2. The van der Waals surface area contributed by atoms with Crippen LogP contribution in [0.15, 0.2) is 54.6 Å². The van der Waals surface area contributed by atoms with E-state index in [1.54, 1.807) is 36.4 Å². The van der Waals surface area contributed by atoms with Crippen molar-refractivity contribution in [3.8, 4) is 5.75 Å². The number of rotatable bonds is 4. The van der Waals surface area contributed by atoms with E-state index in [0.717, 1.165) is 0 Å². The summed E-state index contributed by atoms with van der Waals surface area (Å²) in [7, 11) is 0. The van der Waals surface area contributed by atoms with Crippen molar-refractivity contribution < 1.29 is 9.63 Å². The highest BCUT2D eigenvalue weighted by Gasteiger charge is 2.05. The summed E-state index contributed by atoms with van der Waals surface area (Å²) in [4.78, 5) is 16.3. The number of hydrogen-bond donors (Lipinski definition) is 0. The van der Waals surface area contributed by atoms with Gasteiger partial charge in [0, 0.05) is 0 Å². The molecule has 0 atom stereocenters. The first-order chi connectivity index (χ1) is 7.90. The number of carbonyl (C=O) groups excluding carboxylic acids is 1. The number of hydroxylamine groups is 1. The van der Waals surface area contributed by atoms with Crippen molar-refractivity contribution in [2.75, 3.05) is 5.06 Å². The van der Waals surface area contributed by atoms with Crippen molar-refractivity contribution in [2.45, 2.75) is 0 Å². The molecular weight excluding hydrogens is 202 g/mol. The van der Waals surface area contributed by atoms with Gasteiger partial charge in [0.05, 0.1) is 5.69 Å². The SMILES string of the molecule is O=CN(Oc1ccccc1)c1cc[c]cc1. The molecule has 0 bridgehead atoms. The largest absolute Gasteiger partial charge is 0.372 e. The average Bonchev–Trinajstić information content (AvgIpc) is 2.38. The van der Waals surface area contributed by atoms with Crippen LogP contribution in [0.4, 0.5) is 5.69 Å². The molecule has 0 aliphatic heterocycles. The number of nitrogens with zero attached hydrogens (tertiary/aromatic N) is 1. The topological polar surface area (TPSA) is 29.5 Å². The van der Waals surface area contributed by atoms with Crippen LogP contribution in [0.1, 0.15) is 0 Å². The molecule has 1 radical (unpaired) electrons. The van der Waals surface area contributed by atoms with E-state index in [1.807, 2.05) is 18.2 Å². The van der Waals surface area contributed by atoms with Crippen LogP contribution < -0.4 is 9.90 Å². The molecule has 3 nitrogen and oxygen atoms in total. The van der Waals surface area contributed by atoms with Crippen molar-refractivity contribution in [3.05, 3.63) is 60.7 Å². The van der Waals surface area contributed by atoms with Gasteiger partial charge in [0.15, 0.2) is 5.75 Å². The molecule has 0 aliphatic rings. The van der Waals surface area contributed by atoms with E-state index in [1.165, 1.54) is 5.06 Å². The van der Waals surface area contributed by atoms with Crippen molar-refractivity contribution in [2.24, 2.45) is 0 Å². The van der Waals surface area contributed by atoms with Gasteiger partial charge in [0.1, 0.15) is 0 Å². The van der Waals surface area contributed by atoms with Gasteiger partial charge in [-0.05, 0) is 30.3 Å². The molecular formula is C13H10NO2. The van der Waals surface area contributed by atoms with Crippen molar-refractivity contribution in [1.29, 1.82) is 0 Å². The van der Waals surface area contributed by atoms with Gasteiger partial charge in [-0.1, -0.05) is 30.3 Å². The quantitative estimate of drug-likeness (QED) is 0.575. The first-order valence-corrected chi connectivity index (χ1v) is 4.84. The summed E-state index contributed by atoms with van der Waals surface area (Å²) in [6.45, 7) is 0. The van der Waals surface area contributed by atoms with Gasteiger partial charge in [-0.25, -0.2) is 0 Å². The molecule has 0 aliphatic carbocycles. The smallest absolute Gasteiger partial charge is 0.247 e. The predicted octanol–water partition coefficient (Wildman–Crippen LogP) is 2.44. The van der Waals surface area contributed by atoms with Crippen LogP contribution in [0, 0.1) is 6.07 Å². The second-order valence-corrected chi connectivity index (χ2v) is 3.09. The van der Waals surface area contributed by atoms with Gasteiger partial charge in [-0.3, -0.25) is 4.79 Å². The van der Waals surface area contributed by atoms with Crippen LogP contribution in [0.25, 0.3) is 0 Å². The van der Waals surface area contributed by atoms with Gasteiger partial charge >= 0.3 is 0 Å². The Balaban J connectivity index is 2.16. The molecule has 0 unspecified atom stereocenters. The molecule has 0 saturated heterocycles. The molecule has 0 spiro atoms. The summed E-state index contributed by atoms with van der Waals surface area (Å²) in [5.41, 5.74) is 0.664. The molecule has 0 saturated carbocycles. The minimum Gasteiger partial charge on any atom is -0.372 e. The number of amides is 1. The van der Waals surface area contributed by atoms with E-state index in [9.17, 15) is 4.79 Å². The Morgan fingerprint density at radius 2 is 1.75 bits per heavy atom. The highest BCUT2D eigenvalue weighted by atomic mass is 16.7. The predicted molar refractivity (Wildman–Crippen MR) is 60.9 cm³/mol. The normalized spacial score (nSPS) is 9.50. The van der Waals surface area contributed by atoms with Gasteiger partial charge in [0.25, 0.3) is 0 Å². The Morgan fingerprint density at radius 3 is 2.38 bits per heavy atom. The van der Waals surface area contributed by atoms with E-state index in [-0.39, 0.29) is 0 Å². The lowest BCUT2D eigenvalue weighted by Crippen LogP contribution is -2.25. The fourth-order valence-electron chi connectivity index (χ4n) is 1.26. The number of carbonyl (C=O) groups is 1. The van der Waals surface area contributed by atoms with Crippen LogP contribution in [0.5, 0.6) is 5.75 Å². The highest BCUT2D eigenvalue weighted by Crippen LogP contribution is 2.16. The fourth-order valence-corrected chi connectivity index (χ4v) is 1.26. The monoisotopic (exact) mass is 212 g/mol. The third-order valence-electron chi connectivity index (χ3n) is 2.00. The summed E-state index contributed by atoms with van der Waals surface area (Å²) in [5.74, 6) is 0.613. The zero-order valence-corrected chi connectivity index (χ0v) is 8.54. The summed E-state index contributed by atoms with van der Waals surface area (Å²) in [5, 5.41) is 1.17. The first-order valence-electron chi connectivity index (χ1n) is 4.84. The molecule has 3 heteroatoms. The fraction of sp³-hybridized carbons (Fsp3) is 0. The average molecular weight is 212 g/mol. The lowest BCUT2D eigenvalue weighted by Gasteiger charge is -2.17. The molecule has 0 N–H and O–H groups in total. The molecule has 0 aromatic heterocycles. The lowest BCUT2D eigenvalue weighted by molar-refractivity contribution is -0.111. The second-order valence-electron chi connectivity index (χ2n) is 3.09. The maximum atomic E-state index is 10.9. The molecule has 0 fully saturated rings. The Hall–Kier alpha value is -2.29. The number of hydrogen-bond acceptors (Lipinski definition) is 2. The summed E-state index contributed by atoms with van der Waals surface area (Å²) in [6, 6.07) is 19.0. The lowest BCUT2D eigenvalue weighted by atomic mass is 10.3. The van der Waals surface area contributed by atoms with Crippen LogP contribution in [0.3, 0.4) is 0 Å². The van der Waals surface area contributed by atoms with Crippen molar-refractivity contribution in [1.82, 2.24) is 0 Å². The Kier molecular flexibility index (Phi) is 3.18. The van der Waals surface area contributed by atoms with Crippen molar-refractivity contribution >= 4 is 12.1 Å².